The van der Waals surface area contributed by atoms with Gasteiger partial charge < -0.3 is 4.90 Å². The molecule has 0 spiro atoms. The molecular weight excluding hydrogens is 284 g/mol. The van der Waals surface area contributed by atoms with E-state index in [0.29, 0.717) is 12.3 Å². The normalized spacial score (nSPS) is 15.6. The van der Waals surface area contributed by atoms with Crippen molar-refractivity contribution in [1.82, 2.24) is 9.88 Å². The van der Waals surface area contributed by atoms with Gasteiger partial charge in [-0.1, -0.05) is 36.4 Å². The van der Waals surface area contributed by atoms with E-state index < -0.39 is 0 Å². The van der Waals surface area contributed by atoms with Crippen molar-refractivity contribution >= 4 is 5.91 Å². The molecule has 0 unspecified atom stereocenters. The molecule has 0 atom stereocenters. The molecule has 2 heterocycles. The Bertz CT molecular complexity index is 604. The molecule has 1 fully saturated rings. The number of nitrogens with zero attached hydrogens (tertiary/aromatic N) is 2. The van der Waals surface area contributed by atoms with Crippen molar-refractivity contribution in [2.24, 2.45) is 5.92 Å². The van der Waals surface area contributed by atoms with Gasteiger partial charge in [0.15, 0.2) is 0 Å². The van der Waals surface area contributed by atoms with E-state index in [2.05, 4.69) is 35.3 Å². The van der Waals surface area contributed by atoms with E-state index in [0.717, 1.165) is 44.3 Å². The number of aryl methyl sites for hydroxylation is 1. The van der Waals surface area contributed by atoms with Crippen molar-refractivity contribution in [3.05, 3.63) is 66.0 Å². The van der Waals surface area contributed by atoms with Crippen LogP contribution in [-0.4, -0.2) is 28.9 Å². The summed E-state index contributed by atoms with van der Waals surface area (Å²) in [7, 11) is 0. The molecule has 3 heteroatoms. The van der Waals surface area contributed by atoms with Gasteiger partial charge in [-0.3, -0.25) is 9.78 Å². The number of hydrogen-bond acceptors (Lipinski definition) is 2. The van der Waals surface area contributed by atoms with Crippen molar-refractivity contribution < 1.29 is 4.79 Å². The van der Waals surface area contributed by atoms with Gasteiger partial charge in [0.2, 0.25) is 5.91 Å². The van der Waals surface area contributed by atoms with Crippen LogP contribution in [0.4, 0.5) is 0 Å². The number of likely N-dealkylation sites (tertiary alicyclic amines) is 1. The van der Waals surface area contributed by atoms with Crippen LogP contribution in [0.5, 0.6) is 0 Å². The summed E-state index contributed by atoms with van der Waals surface area (Å²) < 4.78 is 0. The summed E-state index contributed by atoms with van der Waals surface area (Å²) in [6.45, 7) is 1.81. The number of hydrogen-bond donors (Lipinski definition) is 0. The Kier molecular flexibility index (Phi) is 5.41. The lowest BCUT2D eigenvalue weighted by Crippen LogP contribution is -2.39. The number of rotatable bonds is 5. The molecule has 1 aromatic heterocycles. The summed E-state index contributed by atoms with van der Waals surface area (Å²) in [6.07, 6.45) is 8.37. The molecule has 2 aromatic rings. The fraction of sp³-hybridized carbons (Fsp3) is 0.400. The maximum Gasteiger partial charge on any atom is 0.222 e. The average molecular weight is 308 g/mol. The number of aromatic nitrogens is 1. The molecule has 0 N–H and O–H groups in total. The van der Waals surface area contributed by atoms with Crippen LogP contribution in [-0.2, 0) is 17.6 Å². The second-order valence-corrected chi connectivity index (χ2v) is 6.38. The Hall–Kier alpha value is -2.16. The molecule has 0 radical (unpaired) electrons. The summed E-state index contributed by atoms with van der Waals surface area (Å²) in [5.74, 6) is 0.992. The third kappa shape index (κ3) is 4.65. The van der Waals surface area contributed by atoms with Crippen LogP contribution in [0.25, 0.3) is 0 Å². The van der Waals surface area contributed by atoms with Crippen molar-refractivity contribution in [2.45, 2.75) is 32.1 Å². The number of piperidine rings is 1. The predicted octanol–water partition coefficient (Wildman–Crippen LogP) is 3.50. The highest BCUT2D eigenvalue weighted by Gasteiger charge is 2.22. The first-order chi connectivity index (χ1) is 11.3. The molecule has 120 valence electrons. The van der Waals surface area contributed by atoms with Gasteiger partial charge >= 0.3 is 0 Å². The van der Waals surface area contributed by atoms with E-state index in [1.807, 2.05) is 23.2 Å². The third-order valence-corrected chi connectivity index (χ3v) is 4.68. The molecule has 3 rings (SSSR count). The summed E-state index contributed by atoms with van der Waals surface area (Å²) in [5.41, 5.74) is 2.55. The second-order valence-electron chi connectivity index (χ2n) is 6.38. The molecular formula is C20H24N2O. The standard InChI is InChI=1S/C20H24N2O/c23-20(9-8-19-7-4-12-21-16-19)22-13-10-18(11-14-22)15-17-5-2-1-3-6-17/h1-7,12,16,18H,8-11,13-15H2. The largest absolute Gasteiger partial charge is 0.343 e. The molecule has 0 saturated carbocycles. The van der Waals surface area contributed by atoms with E-state index >= 15 is 0 Å². The molecule has 1 aliphatic rings. The maximum absolute atomic E-state index is 12.3. The van der Waals surface area contributed by atoms with Gasteiger partial charge in [-0.25, -0.2) is 0 Å². The molecule has 1 aromatic carbocycles. The van der Waals surface area contributed by atoms with Gasteiger partial charge in [0, 0.05) is 31.9 Å². The highest BCUT2D eigenvalue weighted by Crippen LogP contribution is 2.22. The minimum atomic E-state index is 0.284. The van der Waals surface area contributed by atoms with E-state index in [1.54, 1.807) is 6.20 Å². The lowest BCUT2D eigenvalue weighted by molar-refractivity contribution is -0.132. The van der Waals surface area contributed by atoms with Crippen molar-refractivity contribution in [2.75, 3.05) is 13.1 Å². The summed E-state index contributed by atoms with van der Waals surface area (Å²) in [6, 6.07) is 14.6. The smallest absolute Gasteiger partial charge is 0.222 e. The molecule has 23 heavy (non-hydrogen) atoms. The summed E-state index contributed by atoms with van der Waals surface area (Å²) in [4.78, 5) is 18.5. The van der Waals surface area contributed by atoms with Crippen LogP contribution in [0.15, 0.2) is 54.9 Å². The lowest BCUT2D eigenvalue weighted by Gasteiger charge is -2.32. The van der Waals surface area contributed by atoms with Gasteiger partial charge in [0.25, 0.3) is 0 Å². The van der Waals surface area contributed by atoms with Gasteiger partial charge in [0.05, 0.1) is 0 Å². The second kappa shape index (κ2) is 7.91. The maximum atomic E-state index is 12.3. The van der Waals surface area contributed by atoms with E-state index in [1.165, 1.54) is 5.56 Å². The number of pyridine rings is 1. The van der Waals surface area contributed by atoms with E-state index in [4.69, 9.17) is 0 Å². The molecule has 3 nitrogen and oxygen atoms in total. The highest BCUT2D eigenvalue weighted by molar-refractivity contribution is 5.76. The minimum Gasteiger partial charge on any atom is -0.343 e. The van der Waals surface area contributed by atoms with E-state index in [-0.39, 0.29) is 5.91 Å². The van der Waals surface area contributed by atoms with Crippen molar-refractivity contribution in [1.29, 1.82) is 0 Å². The Morgan fingerprint density at radius 3 is 2.48 bits per heavy atom. The highest BCUT2D eigenvalue weighted by atomic mass is 16.2. The predicted molar refractivity (Wildman–Crippen MR) is 92.0 cm³/mol. The lowest BCUT2D eigenvalue weighted by atomic mass is 9.90. The fourth-order valence-corrected chi connectivity index (χ4v) is 3.29. The average Bonchev–Trinajstić information content (AvgIpc) is 2.62. The van der Waals surface area contributed by atoms with Crippen LogP contribution in [0.3, 0.4) is 0 Å². The molecule has 1 amide bonds. The van der Waals surface area contributed by atoms with Crippen LogP contribution in [0.1, 0.15) is 30.4 Å². The number of carbonyl (C=O) groups is 1. The number of amides is 1. The zero-order valence-electron chi connectivity index (χ0n) is 13.5. The summed E-state index contributed by atoms with van der Waals surface area (Å²) >= 11 is 0. The van der Waals surface area contributed by atoms with Crippen molar-refractivity contribution in [3.63, 3.8) is 0 Å². The number of carbonyl (C=O) groups excluding carboxylic acids is 1. The monoisotopic (exact) mass is 308 g/mol. The zero-order valence-corrected chi connectivity index (χ0v) is 13.5. The molecule has 1 aliphatic heterocycles. The Labute approximate surface area is 138 Å². The van der Waals surface area contributed by atoms with Crippen LogP contribution >= 0.6 is 0 Å². The first kappa shape index (κ1) is 15.7. The van der Waals surface area contributed by atoms with Crippen LogP contribution in [0, 0.1) is 5.92 Å². The summed E-state index contributed by atoms with van der Waals surface area (Å²) in [5, 5.41) is 0. The Morgan fingerprint density at radius 2 is 1.78 bits per heavy atom. The Morgan fingerprint density at radius 1 is 1.04 bits per heavy atom. The van der Waals surface area contributed by atoms with Gasteiger partial charge in [-0.2, -0.15) is 0 Å². The fourth-order valence-electron chi connectivity index (χ4n) is 3.29. The molecule has 0 bridgehead atoms. The van der Waals surface area contributed by atoms with Crippen LogP contribution < -0.4 is 0 Å². The van der Waals surface area contributed by atoms with Crippen LogP contribution in [0.2, 0.25) is 0 Å². The van der Waals surface area contributed by atoms with Gasteiger partial charge in [-0.05, 0) is 48.8 Å². The third-order valence-electron chi connectivity index (χ3n) is 4.68. The minimum absolute atomic E-state index is 0.284. The molecule has 1 saturated heterocycles. The van der Waals surface area contributed by atoms with Crippen molar-refractivity contribution in [3.8, 4) is 0 Å². The number of benzene rings is 1. The molecule has 0 aliphatic carbocycles. The Balaban J connectivity index is 1.42. The quantitative estimate of drug-likeness (QED) is 0.847. The SMILES string of the molecule is O=C(CCc1cccnc1)N1CCC(Cc2ccccc2)CC1. The zero-order chi connectivity index (χ0) is 15.9. The topological polar surface area (TPSA) is 33.2 Å². The van der Waals surface area contributed by atoms with Gasteiger partial charge in [0.1, 0.15) is 0 Å². The van der Waals surface area contributed by atoms with Gasteiger partial charge in [-0.15, -0.1) is 0 Å². The first-order valence-electron chi connectivity index (χ1n) is 8.52. The first-order valence-corrected chi connectivity index (χ1v) is 8.52. The van der Waals surface area contributed by atoms with E-state index in [9.17, 15) is 4.79 Å².